The van der Waals surface area contributed by atoms with E-state index in [-0.39, 0.29) is 12.3 Å². The average molecular weight is 298 g/mol. The second-order valence-electron chi connectivity index (χ2n) is 5.04. The van der Waals surface area contributed by atoms with Gasteiger partial charge in [0.05, 0.1) is 12.5 Å². The molecule has 1 aromatic carbocycles. The largest absolute Gasteiger partial charge is 0.469 e. The lowest BCUT2D eigenvalue weighted by molar-refractivity contribution is -0.149. The number of esters is 1. The monoisotopic (exact) mass is 298 g/mol. The highest BCUT2D eigenvalue weighted by Gasteiger charge is 2.28. The number of carbonyl (C=O) groups excluding carboxylic acids is 1. The average Bonchev–Trinajstić information content (AvgIpc) is 2.46. The van der Waals surface area contributed by atoms with Crippen LogP contribution >= 0.6 is 11.8 Å². The number of hydrogen-bond acceptors (Lipinski definition) is 5. The molecule has 0 aliphatic heterocycles. The standard InChI is InChI=1S/C15H22O4S/c1-15(2,14(16)19-5)10-20-12-8-6-11(7-9-12)13(17-3)18-4/h6-9,13H,10H2,1-5H3. The first kappa shape index (κ1) is 17.0. The predicted octanol–water partition coefficient (Wildman–Crippen LogP) is 3.27. The Kier molecular flexibility index (Phi) is 6.52. The summed E-state index contributed by atoms with van der Waals surface area (Å²) in [5.74, 6) is 0.470. The Morgan fingerprint density at radius 1 is 1.15 bits per heavy atom. The fourth-order valence-corrected chi connectivity index (χ4v) is 2.66. The van der Waals surface area contributed by atoms with Crippen LogP contribution in [-0.4, -0.2) is 33.1 Å². The second kappa shape index (κ2) is 7.67. The van der Waals surface area contributed by atoms with Gasteiger partial charge in [0.25, 0.3) is 0 Å². The van der Waals surface area contributed by atoms with Crippen molar-refractivity contribution in [3.63, 3.8) is 0 Å². The van der Waals surface area contributed by atoms with E-state index in [1.165, 1.54) is 7.11 Å². The summed E-state index contributed by atoms with van der Waals surface area (Å²) in [6.45, 7) is 3.76. The molecule has 1 rings (SSSR count). The molecular weight excluding hydrogens is 276 g/mol. The van der Waals surface area contributed by atoms with Gasteiger partial charge in [-0.05, 0) is 26.0 Å². The van der Waals surface area contributed by atoms with Crippen molar-refractivity contribution in [2.24, 2.45) is 5.41 Å². The summed E-state index contributed by atoms with van der Waals surface area (Å²) >= 11 is 1.62. The highest BCUT2D eigenvalue weighted by atomic mass is 32.2. The lowest BCUT2D eigenvalue weighted by atomic mass is 9.97. The zero-order valence-electron chi connectivity index (χ0n) is 12.6. The van der Waals surface area contributed by atoms with Crippen LogP contribution < -0.4 is 0 Å². The Morgan fingerprint density at radius 2 is 1.70 bits per heavy atom. The van der Waals surface area contributed by atoms with Crippen molar-refractivity contribution >= 4 is 17.7 Å². The summed E-state index contributed by atoms with van der Waals surface area (Å²) in [4.78, 5) is 12.7. The van der Waals surface area contributed by atoms with Gasteiger partial charge in [-0.15, -0.1) is 11.8 Å². The van der Waals surface area contributed by atoms with Gasteiger partial charge in [0.15, 0.2) is 6.29 Å². The van der Waals surface area contributed by atoms with Crippen LogP contribution in [0.2, 0.25) is 0 Å². The molecule has 0 unspecified atom stereocenters. The summed E-state index contributed by atoms with van der Waals surface area (Å²) in [6.07, 6.45) is -0.347. The fourth-order valence-electron chi connectivity index (χ4n) is 1.69. The van der Waals surface area contributed by atoms with E-state index >= 15 is 0 Å². The van der Waals surface area contributed by atoms with Gasteiger partial charge in [0, 0.05) is 30.4 Å². The molecule has 0 bridgehead atoms. The molecule has 0 N–H and O–H groups in total. The molecule has 0 radical (unpaired) electrons. The SMILES string of the molecule is COC(=O)C(C)(C)CSc1ccc(C(OC)OC)cc1. The van der Waals surface area contributed by atoms with Crippen LogP contribution in [0, 0.1) is 5.41 Å². The lowest BCUT2D eigenvalue weighted by Gasteiger charge is -2.20. The number of benzene rings is 1. The van der Waals surface area contributed by atoms with Gasteiger partial charge < -0.3 is 14.2 Å². The molecule has 0 aromatic heterocycles. The minimum atomic E-state index is -0.500. The van der Waals surface area contributed by atoms with Crippen molar-refractivity contribution < 1.29 is 19.0 Å². The van der Waals surface area contributed by atoms with Crippen LogP contribution in [0.25, 0.3) is 0 Å². The van der Waals surface area contributed by atoms with Crippen molar-refractivity contribution in [2.45, 2.75) is 25.0 Å². The summed E-state index contributed by atoms with van der Waals surface area (Å²) in [5.41, 5.74) is 0.464. The maximum atomic E-state index is 11.6. The third-order valence-corrected chi connectivity index (χ3v) is 4.39. The van der Waals surface area contributed by atoms with Crippen LogP contribution in [0.5, 0.6) is 0 Å². The Hall–Kier alpha value is -1.04. The first-order valence-corrected chi connectivity index (χ1v) is 7.30. The molecule has 0 atom stereocenters. The van der Waals surface area contributed by atoms with E-state index in [1.54, 1.807) is 26.0 Å². The summed E-state index contributed by atoms with van der Waals surface area (Å²) in [5, 5.41) is 0. The second-order valence-corrected chi connectivity index (χ2v) is 6.09. The fraction of sp³-hybridized carbons (Fsp3) is 0.533. The van der Waals surface area contributed by atoms with Crippen LogP contribution in [0.4, 0.5) is 0 Å². The third kappa shape index (κ3) is 4.51. The Labute approximate surface area is 124 Å². The molecular formula is C15H22O4S. The molecule has 0 amide bonds. The van der Waals surface area contributed by atoms with Crippen molar-refractivity contribution in [2.75, 3.05) is 27.1 Å². The van der Waals surface area contributed by atoms with Gasteiger partial charge in [0.1, 0.15) is 0 Å². The highest BCUT2D eigenvalue weighted by Crippen LogP contribution is 2.29. The van der Waals surface area contributed by atoms with Crippen LogP contribution in [0.1, 0.15) is 25.7 Å². The predicted molar refractivity (Wildman–Crippen MR) is 79.7 cm³/mol. The van der Waals surface area contributed by atoms with Crippen molar-refractivity contribution in [3.8, 4) is 0 Å². The molecule has 0 heterocycles. The maximum Gasteiger partial charge on any atom is 0.312 e. The molecule has 112 valence electrons. The number of ether oxygens (including phenoxy) is 3. The van der Waals surface area contributed by atoms with Crippen molar-refractivity contribution in [3.05, 3.63) is 29.8 Å². The van der Waals surface area contributed by atoms with Crippen LogP contribution in [-0.2, 0) is 19.0 Å². The first-order valence-electron chi connectivity index (χ1n) is 6.31. The topological polar surface area (TPSA) is 44.8 Å². The smallest absolute Gasteiger partial charge is 0.312 e. The van der Waals surface area contributed by atoms with Gasteiger partial charge in [-0.2, -0.15) is 0 Å². The summed E-state index contributed by atoms with van der Waals surface area (Å²) < 4.78 is 15.2. The Bertz CT molecular complexity index is 424. The molecule has 0 saturated heterocycles. The van der Waals surface area contributed by atoms with E-state index in [0.717, 1.165) is 10.5 Å². The molecule has 5 heteroatoms. The van der Waals surface area contributed by atoms with E-state index in [4.69, 9.17) is 14.2 Å². The highest BCUT2D eigenvalue weighted by molar-refractivity contribution is 7.99. The normalized spacial score (nSPS) is 11.7. The molecule has 0 fully saturated rings. The number of rotatable bonds is 7. The summed E-state index contributed by atoms with van der Waals surface area (Å²) in [6, 6.07) is 7.92. The zero-order valence-corrected chi connectivity index (χ0v) is 13.5. The van der Waals surface area contributed by atoms with E-state index in [0.29, 0.717) is 5.75 Å². The molecule has 4 nitrogen and oxygen atoms in total. The van der Waals surface area contributed by atoms with Gasteiger partial charge >= 0.3 is 5.97 Å². The van der Waals surface area contributed by atoms with E-state index < -0.39 is 5.41 Å². The van der Waals surface area contributed by atoms with Gasteiger partial charge in [-0.3, -0.25) is 4.79 Å². The van der Waals surface area contributed by atoms with Gasteiger partial charge in [-0.25, -0.2) is 0 Å². The zero-order chi connectivity index (χ0) is 15.2. The Balaban J connectivity index is 2.64. The summed E-state index contributed by atoms with van der Waals surface area (Å²) in [7, 11) is 4.63. The van der Waals surface area contributed by atoms with Gasteiger partial charge in [-0.1, -0.05) is 12.1 Å². The number of thioether (sulfide) groups is 1. The minimum Gasteiger partial charge on any atom is -0.469 e. The third-order valence-electron chi connectivity index (χ3n) is 2.92. The molecule has 0 spiro atoms. The number of hydrogen-bond donors (Lipinski definition) is 0. The number of methoxy groups -OCH3 is 3. The van der Waals surface area contributed by atoms with E-state index in [1.807, 2.05) is 38.1 Å². The lowest BCUT2D eigenvalue weighted by Crippen LogP contribution is -2.28. The molecule has 0 saturated carbocycles. The molecule has 20 heavy (non-hydrogen) atoms. The Morgan fingerprint density at radius 3 is 2.15 bits per heavy atom. The number of carbonyl (C=O) groups is 1. The maximum absolute atomic E-state index is 11.6. The molecule has 0 aliphatic carbocycles. The van der Waals surface area contributed by atoms with E-state index in [9.17, 15) is 4.79 Å². The van der Waals surface area contributed by atoms with Crippen LogP contribution in [0.15, 0.2) is 29.2 Å². The quantitative estimate of drug-likeness (QED) is 0.439. The van der Waals surface area contributed by atoms with E-state index in [2.05, 4.69) is 0 Å². The molecule has 1 aromatic rings. The first-order chi connectivity index (χ1) is 9.44. The van der Waals surface area contributed by atoms with Crippen molar-refractivity contribution in [1.29, 1.82) is 0 Å². The minimum absolute atomic E-state index is 0.194. The van der Waals surface area contributed by atoms with Crippen LogP contribution in [0.3, 0.4) is 0 Å². The van der Waals surface area contributed by atoms with Crippen molar-refractivity contribution in [1.82, 2.24) is 0 Å². The molecule has 0 aliphatic rings. The van der Waals surface area contributed by atoms with Gasteiger partial charge in [0.2, 0.25) is 0 Å².